The molecular formula is C23H26N4O6. The number of nitro benzene ring substituents is 1. The fraction of sp³-hybridized carbons (Fsp3) is 0.348. The number of hydrogen-bond donors (Lipinski definition) is 1. The minimum atomic E-state index is -0.921. The van der Waals surface area contributed by atoms with E-state index in [1.807, 2.05) is 0 Å². The van der Waals surface area contributed by atoms with Crippen molar-refractivity contribution >= 4 is 17.6 Å². The molecule has 1 aromatic heterocycles. The molecule has 1 aliphatic heterocycles. The normalized spacial score (nSPS) is 16.0. The molecule has 2 aromatic rings. The Kier molecular flexibility index (Phi) is 7.27. The second-order valence-electron chi connectivity index (χ2n) is 7.75. The summed E-state index contributed by atoms with van der Waals surface area (Å²) in [6.45, 7) is 7.21. The highest BCUT2D eigenvalue weighted by Gasteiger charge is 2.39. The molecule has 0 aliphatic carbocycles. The molecule has 0 saturated heterocycles. The van der Waals surface area contributed by atoms with Gasteiger partial charge in [-0.2, -0.15) is 0 Å². The van der Waals surface area contributed by atoms with Crippen LogP contribution in [0.1, 0.15) is 39.2 Å². The highest BCUT2D eigenvalue weighted by molar-refractivity contribution is 6.00. The van der Waals surface area contributed by atoms with Crippen LogP contribution in [0, 0.1) is 10.1 Å². The molecule has 1 N–H and O–H groups in total. The van der Waals surface area contributed by atoms with Gasteiger partial charge in [0.2, 0.25) is 0 Å². The maximum Gasteiger partial charge on any atom is 0.337 e. The van der Waals surface area contributed by atoms with Crippen LogP contribution in [0.4, 0.5) is 5.69 Å². The number of carbonyl (C=O) groups excluding carboxylic acids is 2. The number of nitro groups is 1. The Morgan fingerprint density at radius 3 is 2.64 bits per heavy atom. The van der Waals surface area contributed by atoms with Crippen LogP contribution >= 0.6 is 0 Å². The summed E-state index contributed by atoms with van der Waals surface area (Å²) in [5, 5.41) is 14.6. The quantitative estimate of drug-likeness (QED) is 0.366. The average Bonchev–Trinajstić information content (AvgIpc) is 3.26. The van der Waals surface area contributed by atoms with Crippen molar-refractivity contribution in [3.8, 4) is 0 Å². The summed E-state index contributed by atoms with van der Waals surface area (Å²) in [7, 11) is 0. The Hall–Kier alpha value is -3.95. The monoisotopic (exact) mass is 454 g/mol. The summed E-state index contributed by atoms with van der Waals surface area (Å²) in [5.41, 5.74) is 1.63. The third-order valence-electron chi connectivity index (χ3n) is 5.02. The maximum absolute atomic E-state index is 13.2. The minimum Gasteiger partial charge on any atom is -0.463 e. The van der Waals surface area contributed by atoms with Gasteiger partial charge in [0.1, 0.15) is 0 Å². The van der Waals surface area contributed by atoms with Crippen LogP contribution in [-0.2, 0) is 25.6 Å². The SMILES string of the molecule is CCOC(=O)C1=C(Cn2ccnc2)NC(C)=C(C(=O)OC(C)C)C1c1cccc([N+](=O)[O-])c1. The molecule has 1 aromatic carbocycles. The van der Waals surface area contributed by atoms with Gasteiger partial charge < -0.3 is 19.4 Å². The Morgan fingerprint density at radius 1 is 1.27 bits per heavy atom. The van der Waals surface area contributed by atoms with Crippen molar-refractivity contribution in [2.75, 3.05) is 6.61 Å². The number of carbonyl (C=O) groups is 2. The van der Waals surface area contributed by atoms with Crippen LogP contribution in [-0.4, -0.2) is 39.1 Å². The topological polar surface area (TPSA) is 126 Å². The number of benzene rings is 1. The molecule has 1 unspecified atom stereocenters. The standard InChI is InChI=1S/C23H26N4O6/c1-5-32-22(28)21-18(12-26-10-9-24-13-26)25-15(4)19(23(29)33-14(2)3)20(21)16-7-6-8-17(11-16)27(30)31/h6-11,13-14,20,25H,5,12H2,1-4H3. The van der Waals surface area contributed by atoms with E-state index in [4.69, 9.17) is 9.47 Å². The molecule has 0 radical (unpaired) electrons. The molecule has 0 amide bonds. The third-order valence-corrected chi connectivity index (χ3v) is 5.02. The first-order valence-corrected chi connectivity index (χ1v) is 10.5. The summed E-state index contributed by atoms with van der Waals surface area (Å²) in [4.78, 5) is 41.3. The van der Waals surface area contributed by atoms with Crippen molar-refractivity contribution in [3.05, 3.63) is 81.2 Å². The Morgan fingerprint density at radius 2 is 2.03 bits per heavy atom. The first-order valence-electron chi connectivity index (χ1n) is 10.5. The molecule has 0 spiro atoms. The van der Waals surface area contributed by atoms with E-state index in [0.717, 1.165) is 0 Å². The number of esters is 2. The highest BCUT2D eigenvalue weighted by Crippen LogP contribution is 2.40. The minimum absolute atomic E-state index is 0.122. The van der Waals surface area contributed by atoms with Crippen LogP contribution < -0.4 is 5.32 Å². The van der Waals surface area contributed by atoms with Gasteiger partial charge in [-0.25, -0.2) is 14.6 Å². The van der Waals surface area contributed by atoms with Gasteiger partial charge in [-0.15, -0.1) is 0 Å². The van der Waals surface area contributed by atoms with Crippen LogP contribution in [0.5, 0.6) is 0 Å². The van der Waals surface area contributed by atoms with E-state index in [0.29, 0.717) is 17.0 Å². The van der Waals surface area contributed by atoms with Crippen LogP contribution in [0.15, 0.2) is 65.5 Å². The largest absolute Gasteiger partial charge is 0.463 e. The molecule has 10 heteroatoms. The Bertz CT molecular complexity index is 1120. The van der Waals surface area contributed by atoms with Crippen molar-refractivity contribution in [2.45, 2.75) is 46.3 Å². The van der Waals surface area contributed by atoms with Crippen molar-refractivity contribution in [1.29, 1.82) is 0 Å². The van der Waals surface area contributed by atoms with Crippen molar-refractivity contribution < 1.29 is 24.0 Å². The zero-order chi connectivity index (χ0) is 24.1. The second kappa shape index (κ2) is 10.1. The molecule has 33 heavy (non-hydrogen) atoms. The fourth-order valence-electron chi connectivity index (χ4n) is 3.73. The molecule has 3 rings (SSSR count). The van der Waals surface area contributed by atoms with Gasteiger partial charge in [-0.1, -0.05) is 12.1 Å². The summed E-state index contributed by atoms with van der Waals surface area (Å²) in [5.74, 6) is -2.16. The fourth-order valence-corrected chi connectivity index (χ4v) is 3.73. The number of aromatic nitrogens is 2. The summed E-state index contributed by atoms with van der Waals surface area (Å²) < 4.78 is 12.6. The molecule has 0 fully saturated rings. The van der Waals surface area contributed by atoms with Crippen molar-refractivity contribution in [1.82, 2.24) is 14.9 Å². The highest BCUT2D eigenvalue weighted by atomic mass is 16.6. The lowest BCUT2D eigenvalue weighted by molar-refractivity contribution is -0.384. The molecule has 10 nitrogen and oxygen atoms in total. The van der Waals surface area contributed by atoms with E-state index in [-0.39, 0.29) is 30.0 Å². The molecule has 1 atom stereocenters. The van der Waals surface area contributed by atoms with Crippen LogP contribution in [0.2, 0.25) is 0 Å². The van der Waals surface area contributed by atoms with Gasteiger partial charge in [0.15, 0.2) is 0 Å². The van der Waals surface area contributed by atoms with Crippen LogP contribution in [0.25, 0.3) is 0 Å². The summed E-state index contributed by atoms with van der Waals surface area (Å²) in [6, 6.07) is 5.88. The lowest BCUT2D eigenvalue weighted by Crippen LogP contribution is -2.35. The van der Waals surface area contributed by atoms with E-state index in [1.165, 1.54) is 18.2 Å². The van der Waals surface area contributed by atoms with Gasteiger partial charge >= 0.3 is 11.9 Å². The molecule has 1 aliphatic rings. The number of nitrogens with one attached hydrogen (secondary N) is 1. The van der Waals surface area contributed by atoms with E-state index >= 15 is 0 Å². The van der Waals surface area contributed by atoms with Gasteiger partial charge in [-0.05, 0) is 33.3 Å². The lowest BCUT2D eigenvalue weighted by atomic mass is 9.80. The molecule has 2 heterocycles. The maximum atomic E-state index is 13.2. The molecule has 174 valence electrons. The number of non-ortho nitro benzene ring substituents is 1. The van der Waals surface area contributed by atoms with E-state index in [1.54, 1.807) is 57.0 Å². The van der Waals surface area contributed by atoms with Gasteiger partial charge in [0, 0.05) is 35.9 Å². The number of hydrogen-bond acceptors (Lipinski definition) is 8. The van der Waals surface area contributed by atoms with Crippen LogP contribution in [0.3, 0.4) is 0 Å². The van der Waals surface area contributed by atoms with Gasteiger partial charge in [0.05, 0.1) is 47.6 Å². The lowest BCUT2D eigenvalue weighted by Gasteiger charge is -2.32. The molecular weight excluding hydrogens is 428 g/mol. The molecule has 0 saturated carbocycles. The first-order chi connectivity index (χ1) is 15.7. The van der Waals surface area contributed by atoms with E-state index < -0.39 is 28.9 Å². The first kappa shape index (κ1) is 23.7. The van der Waals surface area contributed by atoms with Gasteiger partial charge in [-0.3, -0.25) is 10.1 Å². The predicted octanol–water partition coefficient (Wildman–Crippen LogP) is 3.22. The average molecular weight is 454 g/mol. The second-order valence-corrected chi connectivity index (χ2v) is 7.75. The van der Waals surface area contributed by atoms with E-state index in [2.05, 4.69) is 10.3 Å². The number of dihydropyridines is 1. The number of imidazole rings is 1. The van der Waals surface area contributed by atoms with E-state index in [9.17, 15) is 19.7 Å². The zero-order valence-electron chi connectivity index (χ0n) is 18.9. The smallest absolute Gasteiger partial charge is 0.337 e. The summed E-state index contributed by atoms with van der Waals surface area (Å²) >= 11 is 0. The number of nitrogens with zero attached hydrogens (tertiary/aromatic N) is 3. The third kappa shape index (κ3) is 5.28. The Labute approximate surface area is 191 Å². The number of ether oxygens (including phenoxy) is 2. The number of allylic oxidation sites excluding steroid dienone is 2. The predicted molar refractivity (Wildman–Crippen MR) is 119 cm³/mol. The zero-order valence-corrected chi connectivity index (χ0v) is 18.9. The van der Waals surface area contributed by atoms with Gasteiger partial charge in [0.25, 0.3) is 5.69 Å². The summed E-state index contributed by atoms with van der Waals surface area (Å²) in [6.07, 6.45) is 4.55. The number of rotatable bonds is 8. The Balaban J connectivity index is 2.24. The molecule has 0 bridgehead atoms. The van der Waals surface area contributed by atoms with Crippen molar-refractivity contribution in [3.63, 3.8) is 0 Å². The van der Waals surface area contributed by atoms with Crippen molar-refractivity contribution in [2.24, 2.45) is 0 Å².